The molecule has 0 saturated heterocycles. The summed E-state index contributed by atoms with van der Waals surface area (Å²) < 4.78 is 10.2. The fourth-order valence-corrected chi connectivity index (χ4v) is 3.94. The van der Waals surface area contributed by atoms with Gasteiger partial charge in [0.15, 0.2) is 0 Å². The van der Waals surface area contributed by atoms with E-state index in [1.807, 2.05) is 12.1 Å². The molecule has 0 aliphatic carbocycles. The summed E-state index contributed by atoms with van der Waals surface area (Å²) in [6, 6.07) is 20.2. The van der Waals surface area contributed by atoms with E-state index >= 15 is 0 Å². The van der Waals surface area contributed by atoms with Crippen molar-refractivity contribution in [3.63, 3.8) is 0 Å². The van der Waals surface area contributed by atoms with Crippen molar-refractivity contribution in [2.75, 3.05) is 24.8 Å². The van der Waals surface area contributed by atoms with Gasteiger partial charge in [0.1, 0.15) is 17.2 Å². The predicted molar refractivity (Wildman–Crippen MR) is 148 cm³/mol. The number of benzene rings is 3. The molecule has 9 heteroatoms. The van der Waals surface area contributed by atoms with Gasteiger partial charge in [0.25, 0.3) is 11.8 Å². The van der Waals surface area contributed by atoms with Crippen LogP contribution in [0, 0.1) is 0 Å². The number of methoxy groups -OCH3 is 1. The number of carbonyl (C=O) groups is 3. The number of ether oxygens (including phenoxy) is 2. The highest BCUT2D eigenvalue weighted by Gasteiger charge is 2.16. The van der Waals surface area contributed by atoms with Crippen LogP contribution in [-0.4, -0.2) is 42.4 Å². The molecule has 3 N–H and O–H groups in total. The number of amides is 2. The number of hydrogen-bond donors (Lipinski definition) is 3. The van der Waals surface area contributed by atoms with Gasteiger partial charge in [0.05, 0.1) is 13.7 Å². The van der Waals surface area contributed by atoms with E-state index in [2.05, 4.69) is 10.6 Å². The van der Waals surface area contributed by atoms with E-state index in [0.717, 1.165) is 4.90 Å². The molecule has 0 saturated carbocycles. The Kier molecular flexibility index (Phi) is 10.6. The van der Waals surface area contributed by atoms with Crippen LogP contribution in [0.4, 0.5) is 5.69 Å². The molecule has 8 nitrogen and oxygen atoms in total. The van der Waals surface area contributed by atoms with Crippen LogP contribution < -0.4 is 15.4 Å². The first-order valence-corrected chi connectivity index (χ1v) is 12.7. The Morgan fingerprint density at radius 3 is 2.42 bits per heavy atom. The van der Waals surface area contributed by atoms with Crippen molar-refractivity contribution in [3.8, 4) is 11.5 Å². The molecular weight excluding hydrogens is 504 g/mol. The normalized spacial score (nSPS) is 11.2. The van der Waals surface area contributed by atoms with E-state index < -0.39 is 11.8 Å². The summed E-state index contributed by atoms with van der Waals surface area (Å²) in [4.78, 5) is 38.3. The van der Waals surface area contributed by atoms with Gasteiger partial charge in [0.2, 0.25) is 0 Å². The summed E-state index contributed by atoms with van der Waals surface area (Å²) >= 11 is 1.52. The minimum Gasteiger partial charge on any atom is -0.508 e. The third-order valence-corrected chi connectivity index (χ3v) is 6.01. The first-order chi connectivity index (χ1) is 18.4. The molecule has 0 bridgehead atoms. The molecule has 0 fully saturated rings. The van der Waals surface area contributed by atoms with Gasteiger partial charge in [-0.2, -0.15) is 0 Å². The summed E-state index contributed by atoms with van der Waals surface area (Å²) in [5.74, 6) is -0.443. The quantitative estimate of drug-likeness (QED) is 0.180. The van der Waals surface area contributed by atoms with Gasteiger partial charge in [-0.05, 0) is 61.5 Å². The smallest absolute Gasteiger partial charge is 0.330 e. The van der Waals surface area contributed by atoms with Crippen molar-refractivity contribution in [1.29, 1.82) is 0 Å². The number of aromatic hydroxyl groups is 1. The van der Waals surface area contributed by atoms with Gasteiger partial charge in [-0.1, -0.05) is 24.3 Å². The molecule has 3 aromatic carbocycles. The highest BCUT2D eigenvalue weighted by Crippen LogP contribution is 2.26. The molecule has 0 aromatic heterocycles. The maximum atomic E-state index is 13.2. The van der Waals surface area contributed by atoms with E-state index in [1.165, 1.54) is 43.2 Å². The average Bonchev–Trinajstić information content (AvgIpc) is 2.93. The molecule has 0 aliphatic heterocycles. The fourth-order valence-electron chi connectivity index (χ4n) is 3.23. The second-order valence-electron chi connectivity index (χ2n) is 7.75. The number of rotatable bonds is 11. The standard InChI is InChI=1S/C29H28N2O6S/c1-3-37-27(33)10-7-17-38-24-15-12-22(13-16-24)30-29(35)25(31-28(34)20-8-5-4-6-9-20)18-21-11-14-23(32)19-26(21)36-2/h4-16,18-19,32H,3,17H2,1-2H3,(H,30,35)(H,31,34)/b10-7+,25-18-. The Morgan fingerprint density at radius 2 is 1.74 bits per heavy atom. The second kappa shape index (κ2) is 14.3. The molecule has 0 radical (unpaired) electrons. The summed E-state index contributed by atoms with van der Waals surface area (Å²) in [6.07, 6.45) is 4.60. The maximum absolute atomic E-state index is 13.2. The second-order valence-corrected chi connectivity index (χ2v) is 8.84. The number of esters is 1. The van der Waals surface area contributed by atoms with Crippen LogP contribution in [0.1, 0.15) is 22.8 Å². The summed E-state index contributed by atoms with van der Waals surface area (Å²) in [5, 5.41) is 15.2. The molecule has 0 atom stereocenters. The third kappa shape index (κ3) is 8.56. The summed E-state index contributed by atoms with van der Waals surface area (Å²) in [5.41, 5.74) is 1.40. The lowest BCUT2D eigenvalue weighted by Gasteiger charge is -2.13. The van der Waals surface area contributed by atoms with Gasteiger partial charge in [-0.3, -0.25) is 9.59 Å². The van der Waals surface area contributed by atoms with Crippen molar-refractivity contribution in [3.05, 3.63) is 102 Å². The summed E-state index contributed by atoms with van der Waals surface area (Å²) in [6.45, 7) is 2.08. The molecular formula is C29H28N2O6S. The number of anilines is 1. The van der Waals surface area contributed by atoms with E-state index in [4.69, 9.17) is 9.47 Å². The minimum absolute atomic E-state index is 0.00710. The number of phenols is 1. The first kappa shape index (κ1) is 28.1. The van der Waals surface area contributed by atoms with E-state index in [1.54, 1.807) is 61.5 Å². The summed E-state index contributed by atoms with van der Waals surface area (Å²) in [7, 11) is 1.45. The Morgan fingerprint density at radius 1 is 1.00 bits per heavy atom. The third-order valence-electron chi connectivity index (χ3n) is 5.04. The molecule has 3 rings (SSSR count). The molecule has 38 heavy (non-hydrogen) atoms. The van der Waals surface area contributed by atoms with Gasteiger partial charge >= 0.3 is 5.97 Å². The monoisotopic (exact) mass is 532 g/mol. The van der Waals surface area contributed by atoms with Crippen LogP contribution in [0.15, 0.2) is 95.5 Å². The van der Waals surface area contributed by atoms with E-state index in [0.29, 0.717) is 34.9 Å². The lowest BCUT2D eigenvalue weighted by Crippen LogP contribution is -2.30. The van der Waals surface area contributed by atoms with Gasteiger partial charge in [-0.15, -0.1) is 11.8 Å². The highest BCUT2D eigenvalue weighted by molar-refractivity contribution is 7.99. The topological polar surface area (TPSA) is 114 Å². The lowest BCUT2D eigenvalue weighted by atomic mass is 10.1. The fraction of sp³-hybridized carbons (Fsp3) is 0.138. The molecule has 3 aromatic rings. The van der Waals surface area contributed by atoms with Crippen LogP contribution in [0.3, 0.4) is 0 Å². The Labute approximate surface area is 225 Å². The Bertz CT molecular complexity index is 1320. The van der Waals surface area contributed by atoms with Crippen molar-refractivity contribution >= 4 is 41.3 Å². The zero-order valence-corrected chi connectivity index (χ0v) is 21.8. The molecule has 2 amide bonds. The highest BCUT2D eigenvalue weighted by atomic mass is 32.2. The van der Waals surface area contributed by atoms with Gasteiger partial charge in [0, 0.05) is 39.6 Å². The lowest BCUT2D eigenvalue weighted by molar-refractivity contribution is -0.137. The first-order valence-electron chi connectivity index (χ1n) is 11.7. The number of carbonyl (C=O) groups excluding carboxylic acids is 3. The minimum atomic E-state index is -0.540. The van der Waals surface area contributed by atoms with E-state index in [-0.39, 0.29) is 17.4 Å². The van der Waals surface area contributed by atoms with Crippen LogP contribution in [-0.2, 0) is 14.3 Å². The van der Waals surface area contributed by atoms with Crippen LogP contribution in [0.5, 0.6) is 11.5 Å². The Hall–Kier alpha value is -4.50. The van der Waals surface area contributed by atoms with Crippen LogP contribution in [0.25, 0.3) is 6.08 Å². The zero-order chi connectivity index (χ0) is 27.3. The van der Waals surface area contributed by atoms with Gasteiger partial charge in [-0.25, -0.2) is 4.79 Å². The van der Waals surface area contributed by atoms with Crippen molar-refractivity contribution in [1.82, 2.24) is 5.32 Å². The van der Waals surface area contributed by atoms with Crippen molar-refractivity contribution in [2.45, 2.75) is 11.8 Å². The molecule has 0 unspecified atom stereocenters. The zero-order valence-electron chi connectivity index (χ0n) is 21.0. The number of hydrogen-bond acceptors (Lipinski definition) is 7. The van der Waals surface area contributed by atoms with Crippen molar-refractivity contribution in [2.24, 2.45) is 0 Å². The van der Waals surface area contributed by atoms with Crippen LogP contribution in [0.2, 0.25) is 0 Å². The van der Waals surface area contributed by atoms with Crippen molar-refractivity contribution < 1.29 is 29.0 Å². The Balaban J connectivity index is 1.75. The largest absolute Gasteiger partial charge is 0.508 e. The van der Waals surface area contributed by atoms with Gasteiger partial charge < -0.3 is 25.2 Å². The molecule has 0 spiro atoms. The number of phenolic OH excluding ortho intramolecular Hbond substituents is 1. The molecule has 0 heterocycles. The van der Waals surface area contributed by atoms with Crippen LogP contribution >= 0.6 is 11.8 Å². The average molecular weight is 533 g/mol. The number of thioether (sulfide) groups is 1. The molecule has 0 aliphatic rings. The SMILES string of the molecule is CCOC(=O)/C=C/CSc1ccc(NC(=O)/C(=C/c2ccc(O)cc2OC)NC(=O)c2ccccc2)cc1. The maximum Gasteiger partial charge on any atom is 0.330 e. The predicted octanol–water partition coefficient (Wildman–Crippen LogP) is 5.02. The number of nitrogens with one attached hydrogen (secondary N) is 2. The molecule has 196 valence electrons. The van der Waals surface area contributed by atoms with E-state index in [9.17, 15) is 19.5 Å².